The van der Waals surface area contributed by atoms with Crippen LogP contribution in [0.3, 0.4) is 0 Å². The lowest BCUT2D eigenvalue weighted by molar-refractivity contribution is 0.491. The second-order valence-corrected chi connectivity index (χ2v) is 8.11. The van der Waals surface area contributed by atoms with Crippen LogP contribution in [-0.4, -0.2) is 30.9 Å². The summed E-state index contributed by atoms with van der Waals surface area (Å²) in [6, 6.07) is 0.133. The molecule has 0 bridgehead atoms. The van der Waals surface area contributed by atoms with E-state index in [4.69, 9.17) is 0 Å². The summed E-state index contributed by atoms with van der Waals surface area (Å²) in [6.45, 7) is 5.90. The molecule has 0 aliphatic carbocycles. The monoisotopic (exact) mass is 262 g/mol. The predicted molar refractivity (Wildman–Crippen MR) is 67.5 cm³/mol. The van der Waals surface area contributed by atoms with Crippen molar-refractivity contribution in [2.75, 3.05) is 12.8 Å². The van der Waals surface area contributed by atoms with Crippen molar-refractivity contribution in [3.05, 3.63) is 16.6 Å². The smallest absolute Gasteiger partial charge is 0.153 e. The van der Waals surface area contributed by atoms with Crippen LogP contribution in [0.1, 0.15) is 31.7 Å². The first-order valence-corrected chi connectivity index (χ1v) is 7.82. The fraction of sp³-hybridized carbons (Fsp3) is 0.700. The van der Waals surface area contributed by atoms with Crippen LogP contribution in [0.4, 0.5) is 0 Å². The maximum Gasteiger partial charge on any atom is 0.153 e. The predicted octanol–water partition coefficient (Wildman–Crippen LogP) is 1.62. The molecule has 4 nitrogen and oxygen atoms in total. The minimum absolute atomic E-state index is 0.133. The molecule has 0 saturated carbocycles. The number of rotatable bonds is 5. The standard InChI is InChI=1S/C10H18N2O2S2/c1-8(9-5-11-7-15-9)12-6-10(2,3)16(4,13)14/h5,7-8,12H,6H2,1-4H3. The second kappa shape index (κ2) is 4.81. The Bertz CT molecular complexity index is 424. The largest absolute Gasteiger partial charge is 0.308 e. The van der Waals surface area contributed by atoms with Crippen molar-refractivity contribution in [2.45, 2.75) is 31.6 Å². The van der Waals surface area contributed by atoms with Crippen LogP contribution in [0.5, 0.6) is 0 Å². The van der Waals surface area contributed by atoms with E-state index in [1.807, 2.05) is 6.92 Å². The third-order valence-corrected chi connectivity index (χ3v) is 5.83. The molecule has 0 saturated heterocycles. The van der Waals surface area contributed by atoms with Gasteiger partial charge in [0.25, 0.3) is 0 Å². The van der Waals surface area contributed by atoms with Crippen LogP contribution in [0, 0.1) is 0 Å². The summed E-state index contributed by atoms with van der Waals surface area (Å²) >= 11 is 1.57. The van der Waals surface area contributed by atoms with E-state index < -0.39 is 14.6 Å². The van der Waals surface area contributed by atoms with E-state index in [1.54, 1.807) is 36.9 Å². The summed E-state index contributed by atoms with van der Waals surface area (Å²) in [6.07, 6.45) is 3.07. The fourth-order valence-electron chi connectivity index (χ4n) is 1.07. The Morgan fingerprint density at radius 3 is 2.62 bits per heavy atom. The topological polar surface area (TPSA) is 59.1 Å². The first-order valence-electron chi connectivity index (χ1n) is 5.05. The van der Waals surface area contributed by atoms with Crippen LogP contribution >= 0.6 is 11.3 Å². The third kappa shape index (κ3) is 3.26. The Hall–Kier alpha value is -0.460. The van der Waals surface area contributed by atoms with Crippen LogP contribution < -0.4 is 5.32 Å². The van der Waals surface area contributed by atoms with E-state index in [0.717, 1.165) is 4.88 Å². The van der Waals surface area contributed by atoms with E-state index in [0.29, 0.717) is 6.54 Å². The van der Waals surface area contributed by atoms with E-state index >= 15 is 0 Å². The second-order valence-electron chi connectivity index (χ2n) is 4.54. The van der Waals surface area contributed by atoms with Gasteiger partial charge in [-0.25, -0.2) is 8.42 Å². The first-order chi connectivity index (χ1) is 7.24. The van der Waals surface area contributed by atoms with Crippen LogP contribution in [0.2, 0.25) is 0 Å². The van der Waals surface area contributed by atoms with Crippen molar-refractivity contribution in [1.29, 1.82) is 0 Å². The van der Waals surface area contributed by atoms with Crippen LogP contribution in [0.15, 0.2) is 11.7 Å². The number of nitrogens with one attached hydrogen (secondary N) is 1. The van der Waals surface area contributed by atoms with Crippen molar-refractivity contribution in [3.63, 3.8) is 0 Å². The summed E-state index contributed by atoms with van der Waals surface area (Å²) in [5.74, 6) is 0. The average molecular weight is 262 g/mol. The molecule has 6 heteroatoms. The van der Waals surface area contributed by atoms with Gasteiger partial charge in [0.1, 0.15) is 0 Å². The quantitative estimate of drug-likeness (QED) is 0.876. The molecule has 0 aliphatic heterocycles. The van der Waals surface area contributed by atoms with Gasteiger partial charge in [0.15, 0.2) is 9.84 Å². The average Bonchev–Trinajstić information content (AvgIpc) is 2.65. The number of hydrogen-bond donors (Lipinski definition) is 1. The maximum atomic E-state index is 11.5. The van der Waals surface area contributed by atoms with Gasteiger partial charge in [0.2, 0.25) is 0 Å². The highest BCUT2D eigenvalue weighted by molar-refractivity contribution is 7.92. The molecule has 1 unspecified atom stereocenters. The van der Waals surface area contributed by atoms with Gasteiger partial charge in [-0.05, 0) is 20.8 Å². The fourth-order valence-corrected chi connectivity index (χ4v) is 2.07. The molecular weight excluding hydrogens is 244 g/mol. The van der Waals surface area contributed by atoms with Crippen LogP contribution in [-0.2, 0) is 9.84 Å². The number of nitrogens with zero attached hydrogens (tertiary/aromatic N) is 1. The minimum atomic E-state index is -3.04. The summed E-state index contributed by atoms with van der Waals surface area (Å²) in [4.78, 5) is 5.11. The van der Waals surface area contributed by atoms with Gasteiger partial charge >= 0.3 is 0 Å². The van der Waals surface area contributed by atoms with Crippen molar-refractivity contribution < 1.29 is 8.42 Å². The summed E-state index contributed by atoms with van der Waals surface area (Å²) in [7, 11) is -3.04. The van der Waals surface area contributed by atoms with E-state index in [1.165, 1.54) is 6.26 Å². The van der Waals surface area contributed by atoms with Crippen molar-refractivity contribution in [2.24, 2.45) is 0 Å². The molecule has 0 spiro atoms. The lowest BCUT2D eigenvalue weighted by atomic mass is 10.2. The number of sulfone groups is 1. The van der Waals surface area contributed by atoms with Gasteiger partial charge < -0.3 is 5.32 Å². The molecule has 1 aromatic rings. The lowest BCUT2D eigenvalue weighted by Crippen LogP contribution is -2.42. The number of hydrogen-bond acceptors (Lipinski definition) is 5. The van der Waals surface area contributed by atoms with E-state index in [9.17, 15) is 8.42 Å². The molecule has 0 aliphatic rings. The highest BCUT2D eigenvalue weighted by Gasteiger charge is 2.30. The minimum Gasteiger partial charge on any atom is -0.308 e. The summed E-state index contributed by atoms with van der Waals surface area (Å²) in [5.41, 5.74) is 1.77. The third-order valence-electron chi connectivity index (χ3n) is 2.72. The number of aromatic nitrogens is 1. The van der Waals surface area contributed by atoms with E-state index in [2.05, 4.69) is 10.3 Å². The molecule has 1 heterocycles. The number of thiazole rings is 1. The Kier molecular flexibility index (Phi) is 4.09. The molecule has 0 fully saturated rings. The molecule has 0 amide bonds. The molecule has 92 valence electrons. The van der Waals surface area contributed by atoms with Gasteiger partial charge in [-0.2, -0.15) is 0 Å². The maximum absolute atomic E-state index is 11.5. The highest BCUT2D eigenvalue weighted by Crippen LogP contribution is 2.19. The molecule has 1 N–H and O–H groups in total. The zero-order valence-electron chi connectivity index (χ0n) is 10.0. The summed E-state index contributed by atoms with van der Waals surface area (Å²) < 4.78 is 22.3. The van der Waals surface area contributed by atoms with Crippen molar-refractivity contribution in [1.82, 2.24) is 10.3 Å². The van der Waals surface area contributed by atoms with E-state index in [-0.39, 0.29) is 6.04 Å². The Balaban J connectivity index is 2.59. The van der Waals surface area contributed by atoms with Gasteiger partial charge in [0.05, 0.1) is 10.3 Å². The normalized spacial score (nSPS) is 15.0. The van der Waals surface area contributed by atoms with Crippen molar-refractivity contribution >= 4 is 21.2 Å². The zero-order valence-corrected chi connectivity index (χ0v) is 11.7. The molecular formula is C10H18N2O2S2. The highest BCUT2D eigenvalue weighted by atomic mass is 32.2. The lowest BCUT2D eigenvalue weighted by Gasteiger charge is -2.24. The molecule has 1 atom stereocenters. The van der Waals surface area contributed by atoms with Crippen LogP contribution in [0.25, 0.3) is 0 Å². The SMILES string of the molecule is CC(NCC(C)(C)S(C)(=O)=O)c1cncs1. The van der Waals surface area contributed by atoms with Crippen molar-refractivity contribution in [3.8, 4) is 0 Å². The molecule has 16 heavy (non-hydrogen) atoms. The van der Waals surface area contributed by atoms with Gasteiger partial charge in [-0.15, -0.1) is 11.3 Å². The molecule has 1 aromatic heterocycles. The van der Waals surface area contributed by atoms with Gasteiger partial charge in [0, 0.05) is 29.9 Å². The Morgan fingerprint density at radius 1 is 1.56 bits per heavy atom. The zero-order chi connectivity index (χ0) is 12.4. The first kappa shape index (κ1) is 13.6. The Labute approximate surface area is 101 Å². The Morgan fingerprint density at radius 2 is 2.19 bits per heavy atom. The van der Waals surface area contributed by atoms with Gasteiger partial charge in [-0.3, -0.25) is 4.98 Å². The summed E-state index contributed by atoms with van der Waals surface area (Å²) in [5, 5.41) is 3.22. The van der Waals surface area contributed by atoms with Gasteiger partial charge in [-0.1, -0.05) is 0 Å². The molecule has 0 radical (unpaired) electrons. The molecule has 1 rings (SSSR count). The molecule has 0 aromatic carbocycles.